The summed E-state index contributed by atoms with van der Waals surface area (Å²) in [6, 6.07) is 2.53. The summed E-state index contributed by atoms with van der Waals surface area (Å²) in [6.07, 6.45) is 3.06. The molecule has 0 aromatic carbocycles. The van der Waals surface area contributed by atoms with Crippen LogP contribution in [0.1, 0.15) is 18.0 Å². The Balaban J connectivity index is 2.27. The summed E-state index contributed by atoms with van der Waals surface area (Å²) in [5.41, 5.74) is 3.31. The topological polar surface area (TPSA) is 33.6 Å². The summed E-state index contributed by atoms with van der Waals surface area (Å²) in [7, 11) is 0. The number of fused-ring (bicyclic) bond motifs is 1. The molecule has 1 unspecified atom stereocenters. The fraction of sp³-hybridized carbons (Fsp3) is 0.455. The van der Waals surface area contributed by atoms with Crippen molar-refractivity contribution < 1.29 is 0 Å². The van der Waals surface area contributed by atoms with Gasteiger partial charge in [0.1, 0.15) is 0 Å². The second-order valence-electron chi connectivity index (χ2n) is 4.14. The summed E-state index contributed by atoms with van der Waals surface area (Å²) in [5, 5.41) is 0. The summed E-state index contributed by atoms with van der Waals surface area (Å²) >= 11 is 7.40. The van der Waals surface area contributed by atoms with Gasteiger partial charge < -0.3 is 4.98 Å². The molecule has 1 saturated heterocycles. The van der Waals surface area contributed by atoms with Gasteiger partial charge in [0, 0.05) is 18.0 Å². The number of pyridine rings is 1. The lowest BCUT2D eigenvalue weighted by molar-refractivity contribution is 0.565. The van der Waals surface area contributed by atoms with E-state index in [1.807, 2.05) is 24.0 Å². The van der Waals surface area contributed by atoms with Gasteiger partial charge in [-0.2, -0.15) is 11.8 Å². The van der Waals surface area contributed by atoms with Gasteiger partial charge in [-0.15, -0.1) is 0 Å². The second-order valence-corrected chi connectivity index (χ2v) is 5.68. The number of hydrogen-bond acceptors (Lipinski definition) is 3. The lowest BCUT2D eigenvalue weighted by Crippen LogP contribution is -2.08. The Morgan fingerprint density at radius 1 is 1.62 bits per heavy atom. The lowest BCUT2D eigenvalue weighted by atomic mass is 10.2. The van der Waals surface area contributed by atoms with Crippen molar-refractivity contribution >= 4 is 35.1 Å². The standard InChI is InChI=1S/C11H13N3S2/c1-7-2-4-12-10-9(7)13-11(15)14(10)8-3-5-16-6-8/h2,4,8H,3,5-6H2,1H3,(H,13,15). The highest BCUT2D eigenvalue weighted by Gasteiger charge is 2.21. The number of hydrogen-bond donors (Lipinski definition) is 1. The number of aryl methyl sites for hydroxylation is 1. The Morgan fingerprint density at radius 3 is 3.25 bits per heavy atom. The van der Waals surface area contributed by atoms with E-state index >= 15 is 0 Å². The maximum absolute atomic E-state index is 5.41. The van der Waals surface area contributed by atoms with Gasteiger partial charge in [0.15, 0.2) is 10.4 Å². The highest BCUT2D eigenvalue weighted by molar-refractivity contribution is 7.99. The molecule has 0 saturated carbocycles. The van der Waals surface area contributed by atoms with Crippen molar-refractivity contribution in [2.45, 2.75) is 19.4 Å². The van der Waals surface area contributed by atoms with E-state index in [2.05, 4.69) is 21.5 Å². The molecule has 0 spiro atoms. The van der Waals surface area contributed by atoms with Crippen molar-refractivity contribution in [1.29, 1.82) is 0 Å². The number of aromatic amines is 1. The molecule has 3 nitrogen and oxygen atoms in total. The van der Waals surface area contributed by atoms with Gasteiger partial charge in [0.05, 0.1) is 5.52 Å². The first-order chi connectivity index (χ1) is 7.77. The first-order valence-corrected chi connectivity index (χ1v) is 6.97. The summed E-state index contributed by atoms with van der Waals surface area (Å²) in [6.45, 7) is 2.09. The zero-order valence-electron chi connectivity index (χ0n) is 9.06. The van der Waals surface area contributed by atoms with Gasteiger partial charge in [-0.05, 0) is 42.9 Å². The predicted octanol–water partition coefficient (Wildman–Crippen LogP) is 3.08. The van der Waals surface area contributed by atoms with Crippen molar-refractivity contribution in [2.24, 2.45) is 0 Å². The molecule has 5 heteroatoms. The molecule has 0 radical (unpaired) electrons. The maximum atomic E-state index is 5.41. The number of imidazole rings is 1. The van der Waals surface area contributed by atoms with Crippen molar-refractivity contribution in [2.75, 3.05) is 11.5 Å². The van der Waals surface area contributed by atoms with Crippen LogP contribution < -0.4 is 0 Å². The molecule has 1 atom stereocenters. The summed E-state index contributed by atoms with van der Waals surface area (Å²) in [4.78, 5) is 7.74. The van der Waals surface area contributed by atoms with Crippen LogP contribution in [0.2, 0.25) is 0 Å². The largest absolute Gasteiger partial charge is 0.329 e. The lowest BCUT2D eigenvalue weighted by Gasteiger charge is -2.10. The normalized spacial score (nSPS) is 20.7. The molecular formula is C11H13N3S2. The molecule has 1 aliphatic rings. The van der Waals surface area contributed by atoms with Gasteiger partial charge in [0.25, 0.3) is 0 Å². The Kier molecular flexibility index (Phi) is 2.52. The quantitative estimate of drug-likeness (QED) is 0.791. The molecule has 3 rings (SSSR count). The fourth-order valence-electron chi connectivity index (χ4n) is 2.21. The number of thioether (sulfide) groups is 1. The smallest absolute Gasteiger partial charge is 0.179 e. The zero-order valence-corrected chi connectivity index (χ0v) is 10.7. The fourth-order valence-corrected chi connectivity index (χ4v) is 3.74. The number of rotatable bonds is 1. The third-order valence-electron chi connectivity index (χ3n) is 3.09. The first kappa shape index (κ1) is 10.4. The summed E-state index contributed by atoms with van der Waals surface area (Å²) < 4.78 is 3.00. The first-order valence-electron chi connectivity index (χ1n) is 5.41. The Hall–Kier alpha value is -0.810. The van der Waals surface area contributed by atoms with Crippen LogP contribution in [-0.4, -0.2) is 26.0 Å². The van der Waals surface area contributed by atoms with Gasteiger partial charge >= 0.3 is 0 Å². The van der Waals surface area contributed by atoms with E-state index < -0.39 is 0 Å². The molecule has 1 aliphatic heterocycles. The van der Waals surface area contributed by atoms with E-state index in [9.17, 15) is 0 Å². The summed E-state index contributed by atoms with van der Waals surface area (Å²) in [5.74, 6) is 2.38. The van der Waals surface area contributed by atoms with E-state index in [0.717, 1.165) is 21.7 Å². The Labute approximate surface area is 103 Å². The molecule has 0 amide bonds. The third-order valence-corrected chi connectivity index (χ3v) is 4.53. The molecule has 1 fully saturated rings. The number of nitrogens with one attached hydrogen (secondary N) is 1. The minimum Gasteiger partial charge on any atom is -0.329 e. The van der Waals surface area contributed by atoms with E-state index in [1.165, 1.54) is 17.7 Å². The van der Waals surface area contributed by atoms with Gasteiger partial charge in [0.2, 0.25) is 0 Å². The number of aromatic nitrogens is 3. The second kappa shape index (κ2) is 3.89. The molecule has 3 heterocycles. The predicted molar refractivity (Wildman–Crippen MR) is 70.6 cm³/mol. The van der Waals surface area contributed by atoms with E-state index in [0.29, 0.717) is 6.04 Å². The average molecular weight is 251 g/mol. The SMILES string of the molecule is Cc1ccnc2c1[nH]c(=S)n2C1CCSC1. The molecule has 0 aliphatic carbocycles. The average Bonchev–Trinajstić information content (AvgIpc) is 2.85. The maximum Gasteiger partial charge on any atom is 0.179 e. The minimum absolute atomic E-state index is 0.514. The number of nitrogens with zero attached hydrogens (tertiary/aromatic N) is 2. The van der Waals surface area contributed by atoms with Crippen LogP contribution in [0.5, 0.6) is 0 Å². The highest BCUT2D eigenvalue weighted by atomic mass is 32.2. The molecule has 84 valence electrons. The Morgan fingerprint density at radius 2 is 2.50 bits per heavy atom. The van der Waals surface area contributed by atoms with Crippen molar-refractivity contribution in [1.82, 2.24) is 14.5 Å². The van der Waals surface area contributed by atoms with Crippen molar-refractivity contribution in [3.05, 3.63) is 22.6 Å². The van der Waals surface area contributed by atoms with Crippen LogP contribution in [0.25, 0.3) is 11.2 Å². The molecule has 0 bridgehead atoms. The third kappa shape index (κ3) is 1.50. The van der Waals surface area contributed by atoms with Gasteiger partial charge in [-0.25, -0.2) is 4.98 Å². The van der Waals surface area contributed by atoms with Crippen molar-refractivity contribution in [3.8, 4) is 0 Å². The Bertz CT molecular complexity index is 578. The molecular weight excluding hydrogens is 238 g/mol. The van der Waals surface area contributed by atoms with Gasteiger partial charge in [-0.1, -0.05) is 0 Å². The minimum atomic E-state index is 0.514. The highest BCUT2D eigenvalue weighted by Crippen LogP contribution is 2.30. The van der Waals surface area contributed by atoms with Crippen LogP contribution in [-0.2, 0) is 0 Å². The monoisotopic (exact) mass is 251 g/mol. The van der Waals surface area contributed by atoms with Crippen LogP contribution >= 0.6 is 24.0 Å². The van der Waals surface area contributed by atoms with Crippen molar-refractivity contribution in [3.63, 3.8) is 0 Å². The number of H-pyrrole nitrogens is 1. The molecule has 2 aromatic heterocycles. The van der Waals surface area contributed by atoms with Crippen LogP contribution in [0.4, 0.5) is 0 Å². The molecule has 2 aromatic rings. The van der Waals surface area contributed by atoms with Crippen LogP contribution in [0.3, 0.4) is 0 Å². The van der Waals surface area contributed by atoms with Crippen LogP contribution in [0.15, 0.2) is 12.3 Å². The molecule has 1 N–H and O–H groups in total. The van der Waals surface area contributed by atoms with Crippen LogP contribution in [0, 0.1) is 11.7 Å². The molecule has 16 heavy (non-hydrogen) atoms. The van der Waals surface area contributed by atoms with Gasteiger partial charge in [-0.3, -0.25) is 4.57 Å². The van der Waals surface area contributed by atoms with E-state index in [1.54, 1.807) is 0 Å². The zero-order chi connectivity index (χ0) is 11.1. The van der Waals surface area contributed by atoms with E-state index in [-0.39, 0.29) is 0 Å². The van der Waals surface area contributed by atoms with E-state index in [4.69, 9.17) is 12.2 Å².